The number of aromatic amines is 1. The molecule has 1 amide bonds. The van der Waals surface area contributed by atoms with Crippen LogP contribution in [0.2, 0.25) is 0 Å². The number of carbonyl (C=O) groups excluding carboxylic acids is 4. The van der Waals surface area contributed by atoms with E-state index in [0.29, 0.717) is 70.0 Å². The maximum atomic E-state index is 13.5. The monoisotopic (exact) mass is 742 g/mol. The Morgan fingerprint density at radius 3 is 1.72 bits per heavy atom. The largest absolute Gasteiger partial charge is 0.469 e. The van der Waals surface area contributed by atoms with Gasteiger partial charge in [0.05, 0.1) is 32.3 Å². The van der Waals surface area contributed by atoms with Crippen LogP contribution in [0.4, 0.5) is 5.69 Å². The standard InChI is InChI=1S/C39H62N6O8/c1-29-24-33(46)41-32-25-30(13-14-31(29)32)40-34(47)26-43-20-22-44(27-36(49)52-38(2,3)4)18-16-42(15-11-9-10-12-35(48)51-8)17-19-45(23-21-43)28-37(50)53-39(5,6)7/h13-14,24-25H,9-12,15-23,26-28H2,1-8H3,(H,40,47)(H,41,46). The first-order valence-electron chi connectivity index (χ1n) is 18.7. The van der Waals surface area contributed by atoms with E-state index in [9.17, 15) is 24.0 Å². The number of unbranched alkanes of at least 4 members (excludes halogenated alkanes) is 2. The number of nitrogens with one attached hydrogen (secondary N) is 2. The van der Waals surface area contributed by atoms with Crippen LogP contribution < -0.4 is 10.9 Å². The number of hydrogen-bond acceptors (Lipinski definition) is 12. The molecule has 0 saturated carbocycles. The first kappa shape index (κ1) is 43.6. The molecule has 1 aromatic heterocycles. The Labute approximate surface area is 314 Å². The number of H-pyrrole nitrogens is 1. The molecular weight excluding hydrogens is 680 g/mol. The summed E-state index contributed by atoms with van der Waals surface area (Å²) < 4.78 is 16.1. The van der Waals surface area contributed by atoms with E-state index < -0.39 is 11.2 Å². The lowest BCUT2D eigenvalue weighted by atomic mass is 10.1. The minimum absolute atomic E-state index is 0.0840. The van der Waals surface area contributed by atoms with Crippen molar-refractivity contribution in [3.05, 3.63) is 40.2 Å². The van der Waals surface area contributed by atoms with Crippen molar-refractivity contribution in [2.45, 2.75) is 85.4 Å². The summed E-state index contributed by atoms with van der Waals surface area (Å²) in [6.07, 6.45) is 2.91. The Kier molecular flexibility index (Phi) is 16.9. The molecule has 1 aliphatic heterocycles. The average molecular weight is 743 g/mol. The van der Waals surface area contributed by atoms with Crippen LogP contribution >= 0.6 is 0 Å². The van der Waals surface area contributed by atoms with Crippen LogP contribution in [0.1, 0.15) is 72.8 Å². The highest BCUT2D eigenvalue weighted by atomic mass is 16.6. The molecule has 0 atom stereocenters. The lowest BCUT2D eigenvalue weighted by Crippen LogP contribution is -2.49. The number of esters is 3. The van der Waals surface area contributed by atoms with E-state index in [1.807, 2.05) is 65.5 Å². The first-order chi connectivity index (χ1) is 24.9. The number of amides is 1. The molecule has 0 unspecified atom stereocenters. The summed E-state index contributed by atoms with van der Waals surface area (Å²) in [7, 11) is 1.40. The lowest BCUT2D eigenvalue weighted by molar-refractivity contribution is -0.157. The van der Waals surface area contributed by atoms with E-state index >= 15 is 0 Å². The number of anilines is 1. The molecule has 1 aliphatic rings. The van der Waals surface area contributed by atoms with Gasteiger partial charge < -0.3 is 29.4 Å². The third kappa shape index (κ3) is 17.2. The number of methoxy groups -OCH3 is 1. The summed E-state index contributed by atoms with van der Waals surface area (Å²) in [6.45, 7) is 18.7. The summed E-state index contributed by atoms with van der Waals surface area (Å²) in [5.74, 6) is -1.05. The number of rotatable bonds is 13. The van der Waals surface area contributed by atoms with Crippen molar-refractivity contribution in [1.82, 2.24) is 24.6 Å². The van der Waals surface area contributed by atoms with E-state index in [2.05, 4.69) is 25.0 Å². The molecule has 0 radical (unpaired) electrons. The number of fused-ring (bicyclic) bond motifs is 1. The van der Waals surface area contributed by atoms with Gasteiger partial charge >= 0.3 is 17.9 Å². The quantitative estimate of drug-likeness (QED) is 0.176. The van der Waals surface area contributed by atoms with Gasteiger partial charge in [0.15, 0.2) is 0 Å². The highest BCUT2D eigenvalue weighted by molar-refractivity contribution is 5.95. The summed E-state index contributed by atoms with van der Waals surface area (Å²) in [6, 6.07) is 7.00. The van der Waals surface area contributed by atoms with Crippen LogP contribution in [-0.4, -0.2) is 145 Å². The molecule has 1 fully saturated rings. The van der Waals surface area contributed by atoms with Gasteiger partial charge in [-0.25, -0.2) is 0 Å². The highest BCUT2D eigenvalue weighted by Gasteiger charge is 2.24. The fourth-order valence-corrected chi connectivity index (χ4v) is 6.19. The molecule has 2 aromatic rings. The maximum Gasteiger partial charge on any atom is 0.320 e. The van der Waals surface area contributed by atoms with E-state index in [0.717, 1.165) is 36.8 Å². The molecule has 0 aliphatic carbocycles. The number of carbonyl (C=O) groups is 4. The Balaban J connectivity index is 1.78. The number of aromatic nitrogens is 1. The molecule has 14 nitrogen and oxygen atoms in total. The van der Waals surface area contributed by atoms with Crippen LogP contribution in [0, 0.1) is 6.92 Å². The number of benzene rings is 1. The van der Waals surface area contributed by atoms with Crippen LogP contribution in [0.5, 0.6) is 0 Å². The summed E-state index contributed by atoms with van der Waals surface area (Å²) in [5.41, 5.74) is 0.632. The van der Waals surface area contributed by atoms with Crippen molar-refractivity contribution in [2.75, 3.05) is 91.0 Å². The van der Waals surface area contributed by atoms with Crippen molar-refractivity contribution in [3.63, 3.8) is 0 Å². The summed E-state index contributed by atoms with van der Waals surface area (Å²) >= 11 is 0. The van der Waals surface area contributed by atoms with E-state index in [4.69, 9.17) is 14.2 Å². The second-order valence-electron chi connectivity index (χ2n) is 15.9. The van der Waals surface area contributed by atoms with Gasteiger partial charge in [-0.1, -0.05) is 12.5 Å². The van der Waals surface area contributed by atoms with E-state index in [-0.39, 0.29) is 49.0 Å². The third-order valence-corrected chi connectivity index (χ3v) is 8.76. The molecule has 2 heterocycles. The highest BCUT2D eigenvalue weighted by Crippen LogP contribution is 2.19. The zero-order valence-electron chi connectivity index (χ0n) is 33.2. The molecule has 1 saturated heterocycles. The van der Waals surface area contributed by atoms with Crippen LogP contribution in [-0.2, 0) is 33.4 Å². The van der Waals surface area contributed by atoms with Crippen molar-refractivity contribution in [1.29, 1.82) is 0 Å². The molecule has 2 N–H and O–H groups in total. The topological polar surface area (TPSA) is 154 Å². The van der Waals surface area contributed by atoms with E-state index in [1.54, 1.807) is 12.1 Å². The number of aryl methyl sites for hydroxylation is 1. The zero-order chi connectivity index (χ0) is 39.2. The second kappa shape index (κ2) is 20.6. The van der Waals surface area contributed by atoms with Gasteiger partial charge in [0.25, 0.3) is 0 Å². The van der Waals surface area contributed by atoms with Gasteiger partial charge in [0.1, 0.15) is 11.2 Å². The smallest absolute Gasteiger partial charge is 0.320 e. The number of hydrogen-bond donors (Lipinski definition) is 2. The molecule has 53 heavy (non-hydrogen) atoms. The molecular formula is C39H62N6O8. The molecule has 0 spiro atoms. The number of ether oxygens (including phenoxy) is 3. The number of pyridine rings is 1. The average Bonchev–Trinajstić information content (AvgIpc) is 3.03. The molecule has 3 rings (SSSR count). The van der Waals surface area contributed by atoms with Crippen molar-refractivity contribution in [2.24, 2.45) is 0 Å². The van der Waals surface area contributed by atoms with Crippen LogP contribution in [0.15, 0.2) is 29.1 Å². The fourth-order valence-electron chi connectivity index (χ4n) is 6.19. The maximum absolute atomic E-state index is 13.5. The molecule has 1 aromatic carbocycles. The van der Waals surface area contributed by atoms with Gasteiger partial charge in [0.2, 0.25) is 11.5 Å². The first-order valence-corrected chi connectivity index (χ1v) is 18.7. The Morgan fingerprint density at radius 2 is 1.21 bits per heavy atom. The minimum Gasteiger partial charge on any atom is -0.469 e. The summed E-state index contributed by atoms with van der Waals surface area (Å²) in [4.78, 5) is 74.5. The van der Waals surface area contributed by atoms with Crippen molar-refractivity contribution < 1.29 is 33.4 Å². The predicted molar refractivity (Wildman–Crippen MR) is 206 cm³/mol. The van der Waals surface area contributed by atoms with Gasteiger partial charge in [-0.3, -0.25) is 38.7 Å². The number of nitrogens with zero attached hydrogens (tertiary/aromatic N) is 4. The Morgan fingerprint density at radius 1 is 0.698 bits per heavy atom. The van der Waals surface area contributed by atoms with Crippen molar-refractivity contribution in [3.8, 4) is 0 Å². The third-order valence-electron chi connectivity index (χ3n) is 8.76. The fraction of sp³-hybridized carbons (Fsp3) is 0.667. The normalized spacial score (nSPS) is 16.4. The van der Waals surface area contributed by atoms with Crippen LogP contribution in [0.25, 0.3) is 10.9 Å². The SMILES string of the molecule is COC(=O)CCCCCN1CCN(CC(=O)OC(C)(C)C)CCN(CC(=O)Nc2ccc3c(C)cc(=O)[nH]c3c2)CCN(CC(=O)OC(C)(C)C)CC1. The predicted octanol–water partition coefficient (Wildman–Crippen LogP) is 3.41. The van der Waals surface area contributed by atoms with Crippen LogP contribution in [0.3, 0.4) is 0 Å². The van der Waals surface area contributed by atoms with Gasteiger partial charge in [-0.05, 0) is 85.5 Å². The zero-order valence-corrected chi connectivity index (χ0v) is 33.2. The minimum atomic E-state index is -0.615. The summed E-state index contributed by atoms with van der Waals surface area (Å²) in [5, 5.41) is 3.88. The Hall–Kier alpha value is -3.85. The second-order valence-corrected chi connectivity index (χ2v) is 15.9. The Bertz CT molecular complexity index is 1530. The van der Waals surface area contributed by atoms with E-state index in [1.165, 1.54) is 7.11 Å². The molecule has 0 bridgehead atoms. The van der Waals surface area contributed by atoms with Gasteiger partial charge in [0, 0.05) is 75.9 Å². The lowest BCUT2D eigenvalue weighted by Gasteiger charge is -2.34. The molecule has 296 valence electrons. The molecule has 14 heteroatoms. The van der Waals surface area contributed by atoms with Gasteiger partial charge in [-0.2, -0.15) is 0 Å². The van der Waals surface area contributed by atoms with Gasteiger partial charge in [-0.15, -0.1) is 0 Å². The van der Waals surface area contributed by atoms with Crippen molar-refractivity contribution >= 4 is 40.4 Å².